The zero-order valence-electron chi connectivity index (χ0n) is 4.29. The molecule has 1 heterocycles. The predicted molar refractivity (Wildman–Crippen MR) is 37.3 cm³/mol. The van der Waals surface area contributed by atoms with Gasteiger partial charge in [0.2, 0.25) is 0 Å². The van der Waals surface area contributed by atoms with Gasteiger partial charge in [-0.3, -0.25) is 0 Å². The van der Waals surface area contributed by atoms with Crippen molar-refractivity contribution in [2.24, 2.45) is 5.92 Å². The van der Waals surface area contributed by atoms with E-state index in [1.807, 2.05) is 0 Å². The van der Waals surface area contributed by atoms with Crippen LogP contribution in [0.1, 0.15) is 6.92 Å². The van der Waals surface area contributed by atoms with Crippen LogP contribution in [0.2, 0.25) is 0 Å². The molecule has 0 bridgehead atoms. The van der Waals surface area contributed by atoms with Crippen molar-refractivity contribution in [2.75, 3.05) is 13.1 Å². The van der Waals surface area contributed by atoms with Gasteiger partial charge in [0.15, 0.2) is 0 Å². The molecule has 0 amide bonds. The van der Waals surface area contributed by atoms with E-state index in [-0.39, 0.29) is 0 Å². The highest BCUT2D eigenvalue weighted by atomic mass is 33.1. The van der Waals surface area contributed by atoms with Gasteiger partial charge >= 0.3 is 0 Å². The molecular formula is C4H9NS2. The summed E-state index contributed by atoms with van der Waals surface area (Å²) < 4.78 is 2.23. The van der Waals surface area contributed by atoms with Gasteiger partial charge in [-0.1, -0.05) is 18.6 Å². The lowest BCUT2D eigenvalue weighted by Crippen LogP contribution is -2.38. The number of hydrogen-bond donors (Lipinski definition) is 1. The van der Waals surface area contributed by atoms with E-state index in [9.17, 15) is 0 Å². The Bertz CT molecular complexity index is 60.7. The van der Waals surface area contributed by atoms with Crippen molar-refractivity contribution in [1.29, 1.82) is 0 Å². The van der Waals surface area contributed by atoms with E-state index in [0.717, 1.165) is 5.92 Å². The van der Waals surface area contributed by atoms with Crippen LogP contribution in [0.5, 0.6) is 0 Å². The molecule has 1 nitrogen and oxygen atoms in total. The summed E-state index contributed by atoms with van der Waals surface area (Å²) >= 11 is 4.03. The fourth-order valence-electron chi connectivity index (χ4n) is 0.708. The normalized spacial score (nSPS) is 24.9. The first-order valence-electron chi connectivity index (χ1n) is 2.39. The van der Waals surface area contributed by atoms with Crippen LogP contribution in [-0.4, -0.2) is 17.4 Å². The lowest BCUT2D eigenvalue weighted by Gasteiger charge is -2.33. The highest BCUT2D eigenvalue weighted by Gasteiger charge is 2.21. The molecule has 1 saturated heterocycles. The summed E-state index contributed by atoms with van der Waals surface area (Å²) in [6.45, 7) is 4.68. The Morgan fingerprint density at radius 3 is 2.43 bits per heavy atom. The second-order valence-electron chi connectivity index (χ2n) is 2.03. The largest absolute Gasteiger partial charge is 0.241 e. The molecule has 0 spiro atoms. The van der Waals surface area contributed by atoms with Gasteiger partial charge in [-0.25, -0.2) is 4.31 Å². The molecule has 0 aromatic carbocycles. The maximum Gasteiger partial charge on any atom is 0.0136 e. The van der Waals surface area contributed by atoms with E-state index >= 15 is 0 Å². The second kappa shape index (κ2) is 2.29. The van der Waals surface area contributed by atoms with Crippen molar-refractivity contribution < 1.29 is 0 Å². The van der Waals surface area contributed by atoms with Gasteiger partial charge < -0.3 is 0 Å². The van der Waals surface area contributed by atoms with Crippen LogP contribution in [0, 0.1) is 5.92 Å². The fourth-order valence-corrected chi connectivity index (χ4v) is 1.75. The van der Waals surface area contributed by atoms with Crippen molar-refractivity contribution in [3.63, 3.8) is 0 Å². The monoisotopic (exact) mass is 135 g/mol. The zero-order chi connectivity index (χ0) is 5.28. The maximum atomic E-state index is 4.03. The first-order valence-corrected chi connectivity index (χ1v) is 4.22. The van der Waals surface area contributed by atoms with Gasteiger partial charge in [0.05, 0.1) is 0 Å². The summed E-state index contributed by atoms with van der Waals surface area (Å²) in [4.78, 5) is 0. The van der Waals surface area contributed by atoms with Crippen LogP contribution in [0.25, 0.3) is 0 Å². The van der Waals surface area contributed by atoms with Crippen molar-refractivity contribution >= 4 is 22.6 Å². The molecule has 0 radical (unpaired) electrons. The highest BCUT2D eigenvalue weighted by Crippen LogP contribution is 2.24. The molecule has 1 aliphatic rings. The van der Waals surface area contributed by atoms with E-state index in [1.54, 1.807) is 11.0 Å². The van der Waals surface area contributed by atoms with Crippen LogP contribution in [0.15, 0.2) is 0 Å². The summed E-state index contributed by atoms with van der Waals surface area (Å²) in [6.07, 6.45) is 0. The average Bonchev–Trinajstić information content (AvgIpc) is 1.58. The lowest BCUT2D eigenvalue weighted by atomic mass is 10.1. The molecule has 1 fully saturated rings. The standard InChI is InChI=1S/C4H9NS2/c1-4-2-5(3-4)7-6/h4,6H,2-3H2,1H3. The Morgan fingerprint density at radius 2 is 2.29 bits per heavy atom. The summed E-state index contributed by atoms with van der Waals surface area (Å²) in [5.41, 5.74) is 0. The molecule has 42 valence electrons. The topological polar surface area (TPSA) is 3.24 Å². The summed E-state index contributed by atoms with van der Waals surface area (Å²) in [5.74, 6) is 0.902. The third-order valence-electron chi connectivity index (χ3n) is 1.15. The van der Waals surface area contributed by atoms with E-state index in [2.05, 4.69) is 22.9 Å². The van der Waals surface area contributed by atoms with Gasteiger partial charge in [-0.05, 0) is 16.9 Å². The van der Waals surface area contributed by atoms with Crippen molar-refractivity contribution in [1.82, 2.24) is 4.31 Å². The molecular weight excluding hydrogens is 126 g/mol. The number of hydrogen-bond acceptors (Lipinski definition) is 3. The minimum atomic E-state index is 0.902. The second-order valence-corrected chi connectivity index (χ2v) is 3.20. The number of nitrogens with zero attached hydrogens (tertiary/aromatic N) is 1. The third-order valence-corrected chi connectivity index (χ3v) is 2.37. The summed E-state index contributed by atoms with van der Waals surface area (Å²) in [7, 11) is 1.54. The molecule has 0 saturated carbocycles. The zero-order valence-corrected chi connectivity index (χ0v) is 6.01. The Morgan fingerprint density at radius 1 is 1.71 bits per heavy atom. The van der Waals surface area contributed by atoms with E-state index in [1.165, 1.54) is 13.1 Å². The Balaban J connectivity index is 2.06. The Kier molecular flexibility index (Phi) is 1.89. The SMILES string of the molecule is CC1CN(SS)C1. The van der Waals surface area contributed by atoms with Crippen LogP contribution < -0.4 is 0 Å². The third kappa shape index (κ3) is 1.27. The molecule has 0 aromatic heterocycles. The predicted octanol–water partition coefficient (Wildman–Crippen LogP) is 1.43. The molecule has 0 aromatic rings. The lowest BCUT2D eigenvalue weighted by molar-refractivity contribution is 0.242. The van der Waals surface area contributed by atoms with Crippen LogP contribution in [0.4, 0.5) is 0 Å². The van der Waals surface area contributed by atoms with Crippen LogP contribution >= 0.6 is 22.6 Å². The van der Waals surface area contributed by atoms with Crippen molar-refractivity contribution in [3.05, 3.63) is 0 Å². The maximum absolute atomic E-state index is 4.03. The summed E-state index contributed by atoms with van der Waals surface area (Å²) in [5, 5.41) is 0. The molecule has 0 aliphatic carbocycles. The smallest absolute Gasteiger partial charge is 0.0136 e. The van der Waals surface area contributed by atoms with Gasteiger partial charge in [0.1, 0.15) is 0 Å². The van der Waals surface area contributed by atoms with Crippen molar-refractivity contribution in [2.45, 2.75) is 6.92 Å². The van der Waals surface area contributed by atoms with E-state index < -0.39 is 0 Å². The van der Waals surface area contributed by atoms with Crippen LogP contribution in [-0.2, 0) is 0 Å². The van der Waals surface area contributed by atoms with Crippen LogP contribution in [0.3, 0.4) is 0 Å². The fraction of sp³-hybridized carbons (Fsp3) is 1.00. The molecule has 7 heavy (non-hydrogen) atoms. The van der Waals surface area contributed by atoms with Gasteiger partial charge in [-0.15, -0.1) is 0 Å². The molecule has 3 heteroatoms. The first kappa shape index (κ1) is 5.79. The van der Waals surface area contributed by atoms with Gasteiger partial charge in [0.25, 0.3) is 0 Å². The first-order chi connectivity index (χ1) is 3.33. The minimum Gasteiger partial charge on any atom is -0.241 e. The highest BCUT2D eigenvalue weighted by molar-refractivity contribution is 8.67. The van der Waals surface area contributed by atoms with Crippen molar-refractivity contribution in [3.8, 4) is 0 Å². The molecule has 0 atom stereocenters. The molecule has 1 rings (SSSR count). The van der Waals surface area contributed by atoms with E-state index in [0.29, 0.717) is 0 Å². The minimum absolute atomic E-state index is 0.902. The molecule has 1 aliphatic heterocycles. The quantitative estimate of drug-likeness (QED) is 0.329. The Hall–Kier alpha value is 0.660. The number of thiol groups is 1. The average molecular weight is 135 g/mol. The van der Waals surface area contributed by atoms with Gasteiger partial charge in [0, 0.05) is 13.1 Å². The number of rotatable bonds is 1. The Labute approximate surface area is 53.4 Å². The molecule has 0 unspecified atom stereocenters. The summed E-state index contributed by atoms with van der Waals surface area (Å²) in [6, 6.07) is 0. The van der Waals surface area contributed by atoms with Gasteiger partial charge in [-0.2, -0.15) is 0 Å². The van der Waals surface area contributed by atoms with E-state index in [4.69, 9.17) is 0 Å². The molecule has 0 N–H and O–H groups in total.